The number of ether oxygens (including phenoxy) is 3. The highest BCUT2D eigenvalue weighted by molar-refractivity contribution is 5.06. The van der Waals surface area contributed by atoms with Gasteiger partial charge in [0.25, 0.3) is 0 Å². The lowest BCUT2D eigenvalue weighted by Gasteiger charge is -2.45. The predicted octanol–water partition coefficient (Wildman–Crippen LogP) is -3.80. The summed E-state index contributed by atoms with van der Waals surface area (Å²) in [5, 5.41) is 78.1. The van der Waals surface area contributed by atoms with Crippen molar-refractivity contribution in [2.24, 2.45) is 5.41 Å². The number of aliphatic hydroxyl groups excluding tert-OH is 7. The van der Waals surface area contributed by atoms with E-state index in [0.717, 1.165) is 0 Å². The van der Waals surface area contributed by atoms with Crippen molar-refractivity contribution in [2.75, 3.05) is 13.2 Å². The van der Waals surface area contributed by atoms with Crippen LogP contribution in [0.1, 0.15) is 13.8 Å². The lowest BCUT2D eigenvalue weighted by atomic mass is 9.80. The molecule has 0 aliphatic carbocycles. The van der Waals surface area contributed by atoms with Gasteiger partial charge in [0, 0.05) is 0 Å². The van der Waals surface area contributed by atoms with Crippen molar-refractivity contribution in [3.8, 4) is 6.07 Å². The first-order valence-corrected chi connectivity index (χ1v) is 8.58. The third kappa shape index (κ3) is 4.41. The molecule has 0 unspecified atom stereocenters. The van der Waals surface area contributed by atoms with Crippen molar-refractivity contribution in [1.82, 2.24) is 0 Å². The van der Waals surface area contributed by atoms with E-state index in [0.29, 0.717) is 0 Å². The summed E-state index contributed by atoms with van der Waals surface area (Å²) in [7, 11) is 0. The van der Waals surface area contributed by atoms with E-state index in [2.05, 4.69) is 0 Å². The van der Waals surface area contributed by atoms with Crippen LogP contribution < -0.4 is 0 Å². The maximum Gasteiger partial charge on any atom is 0.186 e. The average Bonchev–Trinajstić information content (AvgIpc) is 2.64. The molecule has 7 N–H and O–H groups in total. The van der Waals surface area contributed by atoms with E-state index >= 15 is 0 Å². The second kappa shape index (κ2) is 8.62. The van der Waals surface area contributed by atoms with E-state index in [9.17, 15) is 35.9 Å². The number of rotatable bonds is 5. The largest absolute Gasteiger partial charge is 0.394 e. The molecule has 2 aliphatic rings. The maximum atomic E-state index is 10.1. The zero-order valence-electron chi connectivity index (χ0n) is 15.0. The summed E-state index contributed by atoms with van der Waals surface area (Å²) in [5.41, 5.74) is -1.18. The van der Waals surface area contributed by atoms with Gasteiger partial charge < -0.3 is 50.0 Å². The molecular formula is C16H27NO10. The summed E-state index contributed by atoms with van der Waals surface area (Å²) >= 11 is 0. The van der Waals surface area contributed by atoms with Crippen molar-refractivity contribution < 1.29 is 50.0 Å². The summed E-state index contributed by atoms with van der Waals surface area (Å²) < 4.78 is 16.1. The third-order valence-electron chi connectivity index (χ3n) is 4.98. The minimum Gasteiger partial charge on any atom is -0.394 e. The standard InChI is InChI=1S/C16H27NO10/c1-16(2,5-17)14-12(23)10(21)9(20)7(26-14)4-25-15-13(24)11(22)8(19)6(3-18)27-15/h6-15,18-24H,3-4H2,1-2H3/t6-,7-,8-,9-,10+,11+,12-,13-,14-,15-/m1/s1. The van der Waals surface area contributed by atoms with Gasteiger partial charge >= 0.3 is 0 Å². The molecule has 0 spiro atoms. The molecule has 0 saturated carbocycles. The van der Waals surface area contributed by atoms with Crippen LogP contribution in [0.15, 0.2) is 0 Å². The minimum atomic E-state index is -1.63. The van der Waals surface area contributed by atoms with Gasteiger partial charge in [0.1, 0.15) is 54.9 Å². The second-order valence-corrected chi connectivity index (χ2v) is 7.43. The summed E-state index contributed by atoms with van der Waals surface area (Å²) in [4.78, 5) is 0. The van der Waals surface area contributed by atoms with Gasteiger partial charge in [0.05, 0.1) is 24.7 Å². The molecule has 2 heterocycles. The minimum absolute atomic E-state index is 0.425. The van der Waals surface area contributed by atoms with E-state index in [4.69, 9.17) is 19.3 Å². The van der Waals surface area contributed by atoms with Gasteiger partial charge in [-0.15, -0.1) is 0 Å². The van der Waals surface area contributed by atoms with Gasteiger partial charge in [-0.2, -0.15) is 5.26 Å². The highest BCUT2D eigenvalue weighted by Gasteiger charge is 2.50. The normalized spacial score (nSPS) is 46.1. The lowest BCUT2D eigenvalue weighted by molar-refractivity contribution is -0.316. The average molecular weight is 393 g/mol. The van der Waals surface area contributed by atoms with Gasteiger partial charge in [0.15, 0.2) is 6.29 Å². The number of hydrogen-bond acceptors (Lipinski definition) is 11. The summed E-state index contributed by atoms with van der Waals surface area (Å²) in [6.07, 6.45) is -14.3. The number of hydrogen-bond donors (Lipinski definition) is 7. The molecule has 11 nitrogen and oxygen atoms in total. The maximum absolute atomic E-state index is 10.1. The van der Waals surface area contributed by atoms with Crippen LogP contribution in [-0.2, 0) is 14.2 Å². The monoisotopic (exact) mass is 393 g/mol. The fourth-order valence-electron chi connectivity index (χ4n) is 3.14. The first-order chi connectivity index (χ1) is 12.5. The fraction of sp³-hybridized carbons (Fsp3) is 0.938. The van der Waals surface area contributed by atoms with Gasteiger partial charge in [-0.3, -0.25) is 0 Å². The summed E-state index contributed by atoms with van der Waals surface area (Å²) in [6, 6.07) is 1.96. The van der Waals surface area contributed by atoms with E-state index < -0.39 is 79.9 Å². The van der Waals surface area contributed by atoms with Crippen LogP contribution in [0.3, 0.4) is 0 Å². The van der Waals surface area contributed by atoms with Crippen LogP contribution in [0.2, 0.25) is 0 Å². The molecule has 2 fully saturated rings. The van der Waals surface area contributed by atoms with Crippen molar-refractivity contribution in [3.63, 3.8) is 0 Å². The molecule has 2 aliphatic heterocycles. The Labute approximate surface area is 155 Å². The molecule has 0 radical (unpaired) electrons. The molecule has 27 heavy (non-hydrogen) atoms. The van der Waals surface area contributed by atoms with Crippen molar-refractivity contribution >= 4 is 0 Å². The molecule has 0 aromatic carbocycles. The van der Waals surface area contributed by atoms with Crippen LogP contribution >= 0.6 is 0 Å². The van der Waals surface area contributed by atoms with Crippen LogP contribution in [0.25, 0.3) is 0 Å². The topological polar surface area (TPSA) is 193 Å². The zero-order valence-corrected chi connectivity index (χ0v) is 15.0. The molecule has 0 aromatic heterocycles. The third-order valence-corrected chi connectivity index (χ3v) is 4.98. The number of nitrogens with zero attached hydrogens (tertiary/aromatic N) is 1. The summed E-state index contributed by atoms with van der Waals surface area (Å²) in [5.74, 6) is 0. The molecular weight excluding hydrogens is 366 g/mol. The molecule has 0 aromatic rings. The Morgan fingerprint density at radius 3 is 1.96 bits per heavy atom. The Morgan fingerprint density at radius 2 is 1.41 bits per heavy atom. The van der Waals surface area contributed by atoms with E-state index in [1.807, 2.05) is 6.07 Å². The number of aliphatic hydroxyl groups is 7. The highest BCUT2D eigenvalue weighted by Crippen LogP contribution is 2.33. The molecule has 0 bridgehead atoms. The molecule has 0 amide bonds. The fourth-order valence-corrected chi connectivity index (χ4v) is 3.14. The molecule has 2 saturated heterocycles. The molecule has 2 rings (SSSR count). The van der Waals surface area contributed by atoms with E-state index in [-0.39, 0.29) is 0 Å². The van der Waals surface area contributed by atoms with E-state index in [1.54, 1.807) is 0 Å². The van der Waals surface area contributed by atoms with Gasteiger partial charge in [-0.1, -0.05) is 0 Å². The lowest BCUT2D eigenvalue weighted by Crippen LogP contribution is -2.63. The van der Waals surface area contributed by atoms with Crippen molar-refractivity contribution in [2.45, 2.75) is 75.1 Å². The van der Waals surface area contributed by atoms with Crippen LogP contribution in [0.5, 0.6) is 0 Å². The van der Waals surface area contributed by atoms with Crippen LogP contribution in [0.4, 0.5) is 0 Å². The van der Waals surface area contributed by atoms with Crippen molar-refractivity contribution in [3.05, 3.63) is 0 Å². The van der Waals surface area contributed by atoms with Crippen molar-refractivity contribution in [1.29, 1.82) is 5.26 Å². The Kier molecular flexibility index (Phi) is 7.15. The smallest absolute Gasteiger partial charge is 0.186 e. The predicted molar refractivity (Wildman–Crippen MR) is 85.8 cm³/mol. The highest BCUT2D eigenvalue weighted by atomic mass is 16.7. The first kappa shape index (κ1) is 22.4. The number of nitriles is 1. The van der Waals surface area contributed by atoms with E-state index in [1.165, 1.54) is 13.8 Å². The Morgan fingerprint density at radius 1 is 0.852 bits per heavy atom. The van der Waals surface area contributed by atoms with Gasteiger partial charge in [-0.25, -0.2) is 0 Å². The molecule has 10 atom stereocenters. The zero-order chi connectivity index (χ0) is 20.5. The summed E-state index contributed by atoms with van der Waals surface area (Å²) in [6.45, 7) is 1.95. The SMILES string of the molecule is CC(C)(C#N)[C@@H]1O[C@H](CO[C@@H]2O[C@H](CO)[C@@H](O)[C@H](O)[C@H]2O)[C@@H](O)[C@H](O)[C@H]1O. The molecule has 11 heteroatoms. The van der Waals surface area contributed by atoms with Gasteiger partial charge in [0.2, 0.25) is 0 Å². The second-order valence-electron chi connectivity index (χ2n) is 7.43. The Bertz CT molecular complexity index is 538. The first-order valence-electron chi connectivity index (χ1n) is 8.58. The Balaban J connectivity index is 2.06. The molecule has 156 valence electrons. The Hall–Kier alpha value is -0.910. The quantitative estimate of drug-likeness (QED) is 0.242. The van der Waals surface area contributed by atoms with Crippen LogP contribution in [0, 0.1) is 16.7 Å². The van der Waals surface area contributed by atoms with Gasteiger partial charge in [-0.05, 0) is 13.8 Å². The van der Waals surface area contributed by atoms with Crippen LogP contribution in [-0.4, -0.2) is 110 Å².